The Bertz CT molecular complexity index is 683. The molecule has 0 aliphatic carbocycles. The van der Waals surface area contributed by atoms with Crippen LogP contribution in [0, 0.1) is 6.92 Å². The van der Waals surface area contributed by atoms with Crippen LogP contribution in [0.4, 0.5) is 0 Å². The van der Waals surface area contributed by atoms with Crippen molar-refractivity contribution in [2.75, 3.05) is 0 Å². The SMILES string of the molecule is Cc1ccc(-c2nc3c(CN)cccn3n2)cc1. The van der Waals surface area contributed by atoms with Gasteiger partial charge in [0.15, 0.2) is 11.5 Å². The molecule has 2 N–H and O–H groups in total. The zero-order valence-corrected chi connectivity index (χ0v) is 10.2. The van der Waals surface area contributed by atoms with Crippen molar-refractivity contribution in [1.82, 2.24) is 14.6 Å². The summed E-state index contributed by atoms with van der Waals surface area (Å²) in [6.45, 7) is 2.53. The van der Waals surface area contributed by atoms with Crippen LogP contribution in [-0.4, -0.2) is 14.6 Å². The van der Waals surface area contributed by atoms with Crippen LogP contribution in [0.2, 0.25) is 0 Å². The molecule has 0 bridgehead atoms. The van der Waals surface area contributed by atoms with Gasteiger partial charge in [0.05, 0.1) is 0 Å². The minimum atomic E-state index is 0.469. The summed E-state index contributed by atoms with van der Waals surface area (Å²) in [5.41, 5.74) is 9.78. The van der Waals surface area contributed by atoms with E-state index in [0.29, 0.717) is 6.54 Å². The van der Waals surface area contributed by atoms with E-state index in [1.807, 2.05) is 30.5 Å². The highest BCUT2D eigenvalue weighted by Gasteiger charge is 2.08. The first-order chi connectivity index (χ1) is 8.78. The van der Waals surface area contributed by atoms with Crippen LogP contribution in [0.5, 0.6) is 0 Å². The summed E-state index contributed by atoms with van der Waals surface area (Å²) >= 11 is 0. The van der Waals surface area contributed by atoms with Gasteiger partial charge in [0.25, 0.3) is 0 Å². The van der Waals surface area contributed by atoms with Gasteiger partial charge in [-0.1, -0.05) is 35.9 Å². The van der Waals surface area contributed by atoms with E-state index < -0.39 is 0 Å². The maximum Gasteiger partial charge on any atom is 0.182 e. The molecule has 0 saturated carbocycles. The summed E-state index contributed by atoms with van der Waals surface area (Å²) in [6.07, 6.45) is 1.89. The van der Waals surface area contributed by atoms with E-state index in [1.54, 1.807) is 4.52 Å². The first-order valence-electron chi connectivity index (χ1n) is 5.89. The van der Waals surface area contributed by atoms with Crippen LogP contribution in [0.3, 0.4) is 0 Å². The first-order valence-corrected chi connectivity index (χ1v) is 5.89. The number of benzene rings is 1. The van der Waals surface area contributed by atoms with Crippen molar-refractivity contribution in [2.45, 2.75) is 13.5 Å². The fourth-order valence-corrected chi connectivity index (χ4v) is 1.95. The summed E-state index contributed by atoms with van der Waals surface area (Å²) in [6, 6.07) is 12.1. The van der Waals surface area contributed by atoms with E-state index in [1.165, 1.54) is 5.56 Å². The van der Waals surface area contributed by atoms with Gasteiger partial charge in [-0.25, -0.2) is 9.50 Å². The van der Waals surface area contributed by atoms with Gasteiger partial charge in [-0.15, -0.1) is 5.10 Å². The highest BCUT2D eigenvalue weighted by molar-refractivity contribution is 5.60. The molecule has 90 valence electrons. The number of aromatic nitrogens is 3. The normalized spacial score (nSPS) is 11.0. The Balaban J connectivity index is 2.16. The Hall–Kier alpha value is -2.20. The summed E-state index contributed by atoms with van der Waals surface area (Å²) in [4.78, 5) is 4.56. The van der Waals surface area contributed by atoms with Crippen LogP contribution in [0.25, 0.3) is 17.0 Å². The number of hydrogen-bond donors (Lipinski definition) is 1. The molecule has 0 unspecified atom stereocenters. The Morgan fingerprint density at radius 1 is 1.17 bits per heavy atom. The van der Waals surface area contributed by atoms with Crippen molar-refractivity contribution < 1.29 is 0 Å². The van der Waals surface area contributed by atoms with E-state index in [-0.39, 0.29) is 0 Å². The maximum absolute atomic E-state index is 5.70. The van der Waals surface area contributed by atoms with E-state index in [0.717, 1.165) is 22.6 Å². The van der Waals surface area contributed by atoms with Gasteiger partial charge in [-0.05, 0) is 13.0 Å². The molecule has 0 amide bonds. The smallest absolute Gasteiger partial charge is 0.182 e. The summed E-state index contributed by atoms with van der Waals surface area (Å²) in [7, 11) is 0. The lowest BCUT2D eigenvalue weighted by Crippen LogP contribution is -1.99. The lowest BCUT2D eigenvalue weighted by Gasteiger charge is -1.96. The van der Waals surface area contributed by atoms with Crippen molar-refractivity contribution in [3.63, 3.8) is 0 Å². The topological polar surface area (TPSA) is 56.2 Å². The van der Waals surface area contributed by atoms with Crippen molar-refractivity contribution in [2.24, 2.45) is 5.73 Å². The zero-order valence-electron chi connectivity index (χ0n) is 10.2. The average molecular weight is 238 g/mol. The van der Waals surface area contributed by atoms with Crippen LogP contribution in [0.1, 0.15) is 11.1 Å². The monoisotopic (exact) mass is 238 g/mol. The molecule has 0 aliphatic rings. The minimum absolute atomic E-state index is 0.469. The molecule has 18 heavy (non-hydrogen) atoms. The Kier molecular flexibility index (Phi) is 2.57. The van der Waals surface area contributed by atoms with Gasteiger partial charge in [-0.3, -0.25) is 0 Å². The van der Waals surface area contributed by atoms with Crippen LogP contribution < -0.4 is 5.73 Å². The largest absolute Gasteiger partial charge is 0.326 e. The number of hydrogen-bond acceptors (Lipinski definition) is 3. The molecule has 2 aromatic heterocycles. The lowest BCUT2D eigenvalue weighted by atomic mass is 10.1. The van der Waals surface area contributed by atoms with Crippen LogP contribution >= 0.6 is 0 Å². The number of nitrogens with zero attached hydrogens (tertiary/aromatic N) is 3. The molecule has 0 aliphatic heterocycles. The highest BCUT2D eigenvalue weighted by Crippen LogP contribution is 2.18. The summed E-state index contributed by atoms with van der Waals surface area (Å²) in [5.74, 6) is 0.732. The van der Waals surface area contributed by atoms with Crippen molar-refractivity contribution >= 4 is 5.65 Å². The van der Waals surface area contributed by atoms with E-state index in [2.05, 4.69) is 29.1 Å². The number of pyridine rings is 1. The van der Waals surface area contributed by atoms with Crippen LogP contribution in [0.15, 0.2) is 42.6 Å². The zero-order chi connectivity index (χ0) is 12.5. The lowest BCUT2D eigenvalue weighted by molar-refractivity contribution is 0.944. The van der Waals surface area contributed by atoms with Gasteiger partial charge in [-0.2, -0.15) is 0 Å². The average Bonchev–Trinajstić information content (AvgIpc) is 2.83. The number of nitrogens with two attached hydrogens (primary N) is 1. The molecule has 0 saturated heterocycles. The molecule has 3 rings (SSSR count). The maximum atomic E-state index is 5.70. The Morgan fingerprint density at radius 3 is 2.67 bits per heavy atom. The van der Waals surface area contributed by atoms with Gasteiger partial charge in [0.1, 0.15) is 0 Å². The highest BCUT2D eigenvalue weighted by atomic mass is 15.3. The van der Waals surface area contributed by atoms with Crippen LogP contribution in [-0.2, 0) is 6.54 Å². The van der Waals surface area contributed by atoms with Gasteiger partial charge >= 0.3 is 0 Å². The molecule has 0 fully saturated rings. The molecule has 0 spiro atoms. The van der Waals surface area contributed by atoms with Gasteiger partial charge < -0.3 is 5.73 Å². The van der Waals surface area contributed by atoms with E-state index >= 15 is 0 Å². The third kappa shape index (κ3) is 1.76. The molecule has 3 aromatic rings. The van der Waals surface area contributed by atoms with Crippen molar-refractivity contribution in [1.29, 1.82) is 0 Å². The molecule has 1 aromatic carbocycles. The summed E-state index contributed by atoms with van der Waals surface area (Å²) < 4.78 is 1.78. The number of aryl methyl sites for hydroxylation is 1. The second kappa shape index (κ2) is 4.23. The molecule has 0 radical (unpaired) electrons. The first kappa shape index (κ1) is 10.9. The molecular weight excluding hydrogens is 224 g/mol. The van der Waals surface area contributed by atoms with E-state index in [4.69, 9.17) is 5.73 Å². The molecule has 4 heteroatoms. The third-order valence-corrected chi connectivity index (χ3v) is 2.97. The number of rotatable bonds is 2. The molecule has 0 atom stereocenters. The number of fused-ring (bicyclic) bond motifs is 1. The van der Waals surface area contributed by atoms with Crippen molar-refractivity contribution in [3.8, 4) is 11.4 Å². The van der Waals surface area contributed by atoms with Gasteiger partial charge in [0, 0.05) is 23.9 Å². The standard InChI is InChI=1S/C14H14N4/c1-10-4-6-11(7-5-10)13-16-14-12(9-15)3-2-8-18(14)17-13/h2-8H,9,15H2,1H3. The quantitative estimate of drug-likeness (QED) is 0.744. The van der Waals surface area contributed by atoms with Gasteiger partial charge in [0.2, 0.25) is 0 Å². The minimum Gasteiger partial charge on any atom is -0.326 e. The fourth-order valence-electron chi connectivity index (χ4n) is 1.95. The predicted octanol–water partition coefficient (Wildman–Crippen LogP) is 2.16. The Morgan fingerprint density at radius 2 is 1.94 bits per heavy atom. The second-order valence-corrected chi connectivity index (χ2v) is 4.31. The summed E-state index contributed by atoms with van der Waals surface area (Å²) in [5, 5.41) is 4.47. The molecule has 2 heterocycles. The third-order valence-electron chi connectivity index (χ3n) is 2.97. The Labute approximate surface area is 105 Å². The molecule has 4 nitrogen and oxygen atoms in total. The van der Waals surface area contributed by atoms with E-state index in [9.17, 15) is 0 Å². The molecular formula is C14H14N4. The van der Waals surface area contributed by atoms with Crippen molar-refractivity contribution in [3.05, 3.63) is 53.7 Å². The predicted molar refractivity (Wildman–Crippen MR) is 71.1 cm³/mol. The second-order valence-electron chi connectivity index (χ2n) is 4.31. The fraction of sp³-hybridized carbons (Fsp3) is 0.143.